The molecule has 2 amide bonds. The van der Waals surface area contributed by atoms with Crippen LogP contribution in [0.3, 0.4) is 0 Å². The minimum atomic E-state index is -0.564. The molecule has 1 N–H and O–H groups in total. The highest BCUT2D eigenvalue weighted by molar-refractivity contribution is 9.10. The molecule has 1 aromatic rings. The Morgan fingerprint density at radius 3 is 2.35 bits per heavy atom. The third-order valence-electron chi connectivity index (χ3n) is 4.16. The van der Waals surface area contributed by atoms with E-state index in [1.165, 1.54) is 0 Å². The molecule has 1 aromatic carbocycles. The van der Waals surface area contributed by atoms with Crippen molar-refractivity contribution in [2.45, 2.75) is 32.7 Å². The predicted octanol–water partition coefficient (Wildman–Crippen LogP) is 3.43. The van der Waals surface area contributed by atoms with E-state index in [1.807, 2.05) is 43.0 Å². The first-order valence-corrected chi connectivity index (χ1v) is 9.08. The number of alkyl halides is 1. The van der Waals surface area contributed by atoms with E-state index >= 15 is 0 Å². The fourth-order valence-corrected chi connectivity index (χ4v) is 2.83. The second-order valence-corrected chi connectivity index (χ2v) is 7.75. The lowest BCUT2D eigenvalue weighted by Crippen LogP contribution is -2.49. The molecule has 0 atom stereocenters. The van der Waals surface area contributed by atoms with Crippen LogP contribution in [-0.4, -0.2) is 41.7 Å². The number of hydrogen-bond donors (Lipinski definition) is 1. The van der Waals surface area contributed by atoms with Crippen LogP contribution in [0, 0.1) is 5.41 Å². The molecular formula is C17H22BrClN2O2. The van der Waals surface area contributed by atoms with Crippen LogP contribution in [0.15, 0.2) is 28.7 Å². The lowest BCUT2D eigenvalue weighted by molar-refractivity contribution is -0.129. The van der Waals surface area contributed by atoms with Crippen LogP contribution >= 0.6 is 27.5 Å². The number of nitrogens with one attached hydrogen (secondary N) is 1. The van der Waals surface area contributed by atoms with Gasteiger partial charge in [-0.05, 0) is 51.0 Å². The van der Waals surface area contributed by atoms with E-state index in [-0.39, 0.29) is 17.9 Å². The predicted molar refractivity (Wildman–Crippen MR) is 95.7 cm³/mol. The van der Waals surface area contributed by atoms with Gasteiger partial charge in [-0.15, -0.1) is 11.6 Å². The van der Waals surface area contributed by atoms with Gasteiger partial charge in [0.05, 0.1) is 5.41 Å². The van der Waals surface area contributed by atoms with E-state index in [9.17, 15) is 9.59 Å². The second kappa shape index (κ2) is 7.67. The molecule has 6 heteroatoms. The Morgan fingerprint density at radius 1 is 1.26 bits per heavy atom. The molecular weight excluding hydrogens is 380 g/mol. The van der Waals surface area contributed by atoms with Gasteiger partial charge in [0.15, 0.2) is 0 Å². The standard InChI is InChI=1S/C17H22BrClN2O2/c1-17(2,11-19)16(23)20-14-7-9-21(10-8-14)15(22)12-3-5-13(18)6-4-12/h3-6,14H,7-11H2,1-2H3,(H,20,23). The maximum Gasteiger partial charge on any atom is 0.253 e. The molecule has 2 rings (SSSR count). The van der Waals surface area contributed by atoms with Crippen LogP contribution in [0.25, 0.3) is 0 Å². The quantitative estimate of drug-likeness (QED) is 0.786. The molecule has 0 unspecified atom stereocenters. The summed E-state index contributed by atoms with van der Waals surface area (Å²) in [7, 11) is 0. The van der Waals surface area contributed by atoms with Gasteiger partial charge in [-0.2, -0.15) is 0 Å². The fraction of sp³-hybridized carbons (Fsp3) is 0.529. The zero-order valence-corrected chi connectivity index (χ0v) is 15.8. The molecule has 1 aliphatic heterocycles. The number of rotatable bonds is 4. The summed E-state index contributed by atoms with van der Waals surface area (Å²) in [6.07, 6.45) is 1.54. The summed E-state index contributed by atoms with van der Waals surface area (Å²) in [6.45, 7) is 4.98. The van der Waals surface area contributed by atoms with Crippen molar-refractivity contribution >= 4 is 39.3 Å². The zero-order valence-electron chi connectivity index (χ0n) is 13.4. The van der Waals surface area contributed by atoms with Crippen molar-refractivity contribution in [3.05, 3.63) is 34.3 Å². The Morgan fingerprint density at radius 2 is 1.83 bits per heavy atom. The van der Waals surface area contributed by atoms with Crippen molar-refractivity contribution in [1.29, 1.82) is 0 Å². The minimum Gasteiger partial charge on any atom is -0.353 e. The maximum atomic E-state index is 12.5. The van der Waals surface area contributed by atoms with Gasteiger partial charge in [-0.1, -0.05) is 15.9 Å². The number of piperidine rings is 1. The molecule has 0 bridgehead atoms. The van der Waals surface area contributed by atoms with E-state index in [2.05, 4.69) is 21.2 Å². The lowest BCUT2D eigenvalue weighted by atomic mass is 9.93. The monoisotopic (exact) mass is 400 g/mol. The van der Waals surface area contributed by atoms with E-state index < -0.39 is 5.41 Å². The first-order chi connectivity index (χ1) is 10.8. The molecule has 0 saturated carbocycles. The highest BCUT2D eigenvalue weighted by atomic mass is 79.9. The topological polar surface area (TPSA) is 49.4 Å². The molecule has 1 fully saturated rings. The molecule has 126 valence electrons. The Labute approximate surface area is 150 Å². The first-order valence-electron chi connectivity index (χ1n) is 7.75. The van der Waals surface area contributed by atoms with Gasteiger partial charge >= 0.3 is 0 Å². The van der Waals surface area contributed by atoms with Crippen LogP contribution in [0.5, 0.6) is 0 Å². The van der Waals surface area contributed by atoms with E-state index in [1.54, 1.807) is 0 Å². The van der Waals surface area contributed by atoms with Crippen molar-refractivity contribution in [1.82, 2.24) is 10.2 Å². The van der Waals surface area contributed by atoms with Crippen molar-refractivity contribution in [2.75, 3.05) is 19.0 Å². The van der Waals surface area contributed by atoms with Crippen molar-refractivity contribution in [3.8, 4) is 0 Å². The Hall–Kier alpha value is -1.07. The van der Waals surface area contributed by atoms with Gasteiger partial charge < -0.3 is 10.2 Å². The molecule has 0 aliphatic carbocycles. The van der Waals surface area contributed by atoms with Crippen LogP contribution in [-0.2, 0) is 4.79 Å². The van der Waals surface area contributed by atoms with Crippen molar-refractivity contribution in [3.63, 3.8) is 0 Å². The third kappa shape index (κ3) is 4.70. The fourth-order valence-electron chi connectivity index (χ4n) is 2.44. The Kier molecular flexibility index (Phi) is 6.09. The highest BCUT2D eigenvalue weighted by Gasteiger charge is 2.30. The number of halogens is 2. The van der Waals surface area contributed by atoms with Gasteiger partial charge in [0.1, 0.15) is 0 Å². The lowest BCUT2D eigenvalue weighted by Gasteiger charge is -2.34. The Balaban J connectivity index is 1.87. The number of nitrogens with zero attached hydrogens (tertiary/aromatic N) is 1. The highest BCUT2D eigenvalue weighted by Crippen LogP contribution is 2.20. The molecule has 1 heterocycles. The molecule has 0 radical (unpaired) electrons. The normalized spacial score (nSPS) is 16.3. The first kappa shape index (κ1) is 18.3. The van der Waals surface area contributed by atoms with E-state index in [4.69, 9.17) is 11.6 Å². The second-order valence-electron chi connectivity index (χ2n) is 6.56. The third-order valence-corrected chi connectivity index (χ3v) is 5.35. The number of carbonyl (C=O) groups is 2. The van der Waals surface area contributed by atoms with Gasteiger partial charge in [-0.25, -0.2) is 0 Å². The van der Waals surface area contributed by atoms with Crippen LogP contribution in [0.1, 0.15) is 37.0 Å². The number of amides is 2. The van der Waals surface area contributed by atoms with Crippen LogP contribution in [0.4, 0.5) is 0 Å². The summed E-state index contributed by atoms with van der Waals surface area (Å²) in [4.78, 5) is 26.4. The largest absolute Gasteiger partial charge is 0.353 e. The smallest absolute Gasteiger partial charge is 0.253 e. The van der Waals surface area contributed by atoms with Crippen molar-refractivity contribution in [2.24, 2.45) is 5.41 Å². The average Bonchev–Trinajstić information content (AvgIpc) is 2.55. The number of benzene rings is 1. The Bertz CT molecular complexity index is 566. The molecule has 4 nitrogen and oxygen atoms in total. The summed E-state index contributed by atoms with van der Waals surface area (Å²) < 4.78 is 0.956. The van der Waals surface area contributed by atoms with E-state index in [0.29, 0.717) is 24.5 Å². The van der Waals surface area contributed by atoms with Gasteiger partial charge in [-0.3, -0.25) is 9.59 Å². The summed E-state index contributed by atoms with van der Waals surface area (Å²) >= 11 is 9.20. The molecule has 0 spiro atoms. The summed E-state index contributed by atoms with van der Waals surface area (Å²) in [5, 5.41) is 3.05. The zero-order chi connectivity index (χ0) is 17.0. The molecule has 1 aliphatic rings. The number of hydrogen-bond acceptors (Lipinski definition) is 2. The SMILES string of the molecule is CC(C)(CCl)C(=O)NC1CCN(C(=O)c2ccc(Br)cc2)CC1. The minimum absolute atomic E-state index is 0.0230. The molecule has 23 heavy (non-hydrogen) atoms. The molecule has 1 saturated heterocycles. The summed E-state index contributed by atoms with van der Waals surface area (Å²) in [5.41, 5.74) is 0.130. The number of carbonyl (C=O) groups excluding carboxylic acids is 2. The summed E-state index contributed by atoms with van der Waals surface area (Å²) in [6, 6.07) is 7.49. The van der Waals surface area contributed by atoms with Gasteiger partial charge in [0.2, 0.25) is 5.91 Å². The van der Waals surface area contributed by atoms with Gasteiger partial charge in [0.25, 0.3) is 5.91 Å². The van der Waals surface area contributed by atoms with Gasteiger partial charge in [0, 0.05) is 35.0 Å². The number of likely N-dealkylation sites (tertiary alicyclic amines) is 1. The van der Waals surface area contributed by atoms with Crippen molar-refractivity contribution < 1.29 is 9.59 Å². The van der Waals surface area contributed by atoms with Crippen LogP contribution in [0.2, 0.25) is 0 Å². The van der Waals surface area contributed by atoms with E-state index in [0.717, 1.165) is 17.3 Å². The maximum absolute atomic E-state index is 12.5. The average molecular weight is 402 g/mol. The summed E-state index contributed by atoms with van der Waals surface area (Å²) in [5.74, 6) is 0.313. The molecule has 0 aromatic heterocycles. The van der Waals surface area contributed by atoms with Crippen LogP contribution < -0.4 is 5.32 Å².